The van der Waals surface area contributed by atoms with Gasteiger partial charge in [0.1, 0.15) is 17.9 Å². The van der Waals surface area contributed by atoms with E-state index in [1.807, 2.05) is 60.7 Å². The molecule has 0 unspecified atom stereocenters. The summed E-state index contributed by atoms with van der Waals surface area (Å²) >= 11 is 7.89. The Morgan fingerprint density at radius 2 is 1.81 bits per heavy atom. The van der Waals surface area contributed by atoms with E-state index in [4.69, 9.17) is 9.15 Å². The first-order chi connectivity index (χ1) is 15.0. The van der Waals surface area contributed by atoms with Crippen LogP contribution in [0.1, 0.15) is 21.7 Å². The molecule has 4 aromatic rings. The molecule has 0 saturated carbocycles. The number of nitrogens with zero attached hydrogens (tertiary/aromatic N) is 1. The second kappa shape index (κ2) is 10.1. The minimum absolute atomic E-state index is 0.207. The van der Waals surface area contributed by atoms with Crippen molar-refractivity contribution in [3.63, 3.8) is 0 Å². The van der Waals surface area contributed by atoms with Crippen molar-refractivity contribution in [1.82, 2.24) is 5.43 Å². The number of rotatable bonds is 6. The molecule has 0 aliphatic rings. The standard InChI is InChI=1S/C23H15BrI2N2O3/c24-17-6-7-20-16(10-17)11-21(31-20)23(29)28-27-12-15-8-18(25)22(19(26)9-15)30-13-14-4-2-1-3-5-14/h1-12H,13H2,(H,28,29)/b27-12+. The van der Waals surface area contributed by atoms with Crippen molar-refractivity contribution < 1.29 is 13.9 Å². The minimum atomic E-state index is -0.407. The summed E-state index contributed by atoms with van der Waals surface area (Å²) in [6.45, 7) is 0.504. The van der Waals surface area contributed by atoms with Crippen molar-refractivity contribution in [1.29, 1.82) is 0 Å². The summed E-state index contributed by atoms with van der Waals surface area (Å²) in [5, 5.41) is 4.92. The monoisotopic (exact) mass is 700 g/mol. The molecule has 1 heterocycles. The predicted molar refractivity (Wildman–Crippen MR) is 142 cm³/mol. The van der Waals surface area contributed by atoms with Crippen LogP contribution in [0.5, 0.6) is 5.75 Å². The Kier molecular flexibility index (Phi) is 7.28. The fourth-order valence-electron chi connectivity index (χ4n) is 2.87. The largest absolute Gasteiger partial charge is 0.487 e. The van der Waals surface area contributed by atoms with Crippen LogP contribution in [-0.4, -0.2) is 12.1 Å². The predicted octanol–water partition coefficient (Wildman–Crippen LogP) is 6.75. The second-order valence-corrected chi connectivity index (χ2v) is 9.82. The molecule has 156 valence electrons. The van der Waals surface area contributed by atoms with Crippen LogP contribution < -0.4 is 10.2 Å². The van der Waals surface area contributed by atoms with Crippen molar-refractivity contribution in [3.8, 4) is 5.75 Å². The SMILES string of the molecule is O=C(N/N=C/c1cc(I)c(OCc2ccccc2)c(I)c1)c1cc2cc(Br)ccc2o1. The normalized spacial score (nSPS) is 11.2. The van der Waals surface area contributed by atoms with Crippen LogP contribution in [0.15, 0.2) is 80.7 Å². The number of hydrogen-bond donors (Lipinski definition) is 1. The van der Waals surface area contributed by atoms with Crippen molar-refractivity contribution in [2.24, 2.45) is 5.10 Å². The zero-order valence-corrected chi connectivity index (χ0v) is 21.8. The average molecular weight is 701 g/mol. The summed E-state index contributed by atoms with van der Waals surface area (Å²) in [6.07, 6.45) is 1.60. The van der Waals surface area contributed by atoms with Gasteiger partial charge in [-0.05, 0) is 92.7 Å². The number of furan rings is 1. The number of carbonyl (C=O) groups excluding carboxylic acids is 1. The number of hydrogen-bond acceptors (Lipinski definition) is 4. The minimum Gasteiger partial charge on any atom is -0.487 e. The van der Waals surface area contributed by atoms with Gasteiger partial charge in [-0.1, -0.05) is 46.3 Å². The van der Waals surface area contributed by atoms with Gasteiger partial charge in [0.25, 0.3) is 0 Å². The number of fused-ring (bicyclic) bond motifs is 1. The third-order valence-corrected chi connectivity index (χ3v) is 6.42. The molecule has 1 aromatic heterocycles. The summed E-state index contributed by atoms with van der Waals surface area (Å²) in [5.74, 6) is 0.634. The molecule has 0 fully saturated rings. The van der Waals surface area contributed by atoms with Crippen LogP contribution in [-0.2, 0) is 6.61 Å². The Hall–Kier alpha value is -1.92. The van der Waals surface area contributed by atoms with E-state index < -0.39 is 5.91 Å². The van der Waals surface area contributed by atoms with Crippen LogP contribution in [0.2, 0.25) is 0 Å². The molecule has 0 atom stereocenters. The number of nitrogens with one attached hydrogen (secondary N) is 1. The molecular formula is C23H15BrI2N2O3. The van der Waals surface area contributed by atoms with Crippen LogP contribution in [0.4, 0.5) is 0 Å². The van der Waals surface area contributed by atoms with Crippen LogP contribution >= 0.6 is 61.1 Å². The van der Waals surface area contributed by atoms with E-state index in [9.17, 15) is 4.79 Å². The van der Waals surface area contributed by atoms with Gasteiger partial charge in [0.05, 0.1) is 13.4 Å². The summed E-state index contributed by atoms with van der Waals surface area (Å²) in [4.78, 5) is 12.3. The van der Waals surface area contributed by atoms with Gasteiger partial charge in [-0.2, -0.15) is 5.10 Å². The Balaban J connectivity index is 1.41. The molecule has 1 amide bonds. The highest BCUT2D eigenvalue weighted by atomic mass is 127. The van der Waals surface area contributed by atoms with Gasteiger partial charge < -0.3 is 9.15 Å². The maximum atomic E-state index is 12.3. The molecule has 0 aliphatic carbocycles. The second-order valence-electron chi connectivity index (χ2n) is 6.58. The number of amides is 1. The van der Waals surface area contributed by atoms with Gasteiger partial charge >= 0.3 is 5.91 Å². The number of benzene rings is 3. The Labute approximate surface area is 214 Å². The number of halogens is 3. The van der Waals surface area contributed by atoms with E-state index >= 15 is 0 Å². The summed E-state index contributed by atoms with van der Waals surface area (Å²) in [5.41, 5.74) is 5.13. The van der Waals surface area contributed by atoms with E-state index in [1.165, 1.54) is 0 Å². The van der Waals surface area contributed by atoms with Crippen LogP contribution in [0.3, 0.4) is 0 Å². The first-order valence-electron chi connectivity index (χ1n) is 9.18. The molecule has 5 nitrogen and oxygen atoms in total. The van der Waals surface area contributed by atoms with E-state index in [0.717, 1.165) is 33.9 Å². The lowest BCUT2D eigenvalue weighted by molar-refractivity contribution is 0.0929. The summed E-state index contributed by atoms with van der Waals surface area (Å²) < 4.78 is 14.4. The van der Waals surface area contributed by atoms with Gasteiger partial charge in [-0.15, -0.1) is 0 Å². The first-order valence-corrected chi connectivity index (χ1v) is 12.1. The Morgan fingerprint density at radius 1 is 1.06 bits per heavy atom. The molecule has 0 bridgehead atoms. The van der Waals surface area contributed by atoms with Gasteiger partial charge in [-0.25, -0.2) is 5.43 Å². The zero-order valence-electron chi connectivity index (χ0n) is 15.9. The number of carbonyl (C=O) groups is 1. The molecule has 4 rings (SSSR count). The van der Waals surface area contributed by atoms with Crippen molar-refractivity contribution in [3.05, 3.63) is 95.2 Å². The Morgan fingerprint density at radius 3 is 2.55 bits per heavy atom. The quantitative estimate of drug-likeness (QED) is 0.138. The molecule has 0 spiro atoms. The molecule has 0 aliphatic heterocycles. The maximum Gasteiger partial charge on any atom is 0.307 e. The van der Waals surface area contributed by atoms with Gasteiger partial charge in [0.15, 0.2) is 5.76 Å². The van der Waals surface area contributed by atoms with E-state index in [-0.39, 0.29) is 5.76 Å². The van der Waals surface area contributed by atoms with Gasteiger partial charge in [0, 0.05) is 9.86 Å². The average Bonchev–Trinajstić information content (AvgIpc) is 3.17. The number of hydrazone groups is 1. The van der Waals surface area contributed by atoms with Crippen LogP contribution in [0, 0.1) is 7.14 Å². The lowest BCUT2D eigenvalue weighted by atomic mass is 10.2. The lowest BCUT2D eigenvalue weighted by Crippen LogP contribution is -2.16. The summed E-state index contributed by atoms with van der Waals surface area (Å²) in [6, 6.07) is 21.2. The third kappa shape index (κ3) is 5.66. The highest BCUT2D eigenvalue weighted by Gasteiger charge is 2.12. The smallest absolute Gasteiger partial charge is 0.307 e. The van der Waals surface area contributed by atoms with Crippen molar-refractivity contribution in [2.75, 3.05) is 0 Å². The molecular weight excluding hydrogens is 686 g/mol. The van der Waals surface area contributed by atoms with Gasteiger partial charge in [0.2, 0.25) is 0 Å². The van der Waals surface area contributed by atoms with Crippen molar-refractivity contribution in [2.45, 2.75) is 6.61 Å². The molecule has 0 saturated heterocycles. The lowest BCUT2D eigenvalue weighted by Gasteiger charge is -2.11. The van der Waals surface area contributed by atoms with Crippen LogP contribution in [0.25, 0.3) is 11.0 Å². The fraction of sp³-hybridized carbons (Fsp3) is 0.0435. The maximum absolute atomic E-state index is 12.3. The third-order valence-electron chi connectivity index (χ3n) is 4.33. The first kappa shape index (κ1) is 22.3. The molecule has 31 heavy (non-hydrogen) atoms. The topological polar surface area (TPSA) is 63.8 Å². The van der Waals surface area contributed by atoms with Gasteiger partial charge in [-0.3, -0.25) is 4.79 Å². The van der Waals surface area contributed by atoms with E-state index in [2.05, 4.69) is 71.6 Å². The molecule has 1 N–H and O–H groups in total. The molecule has 0 radical (unpaired) electrons. The van der Waals surface area contributed by atoms with E-state index in [1.54, 1.807) is 12.3 Å². The van der Waals surface area contributed by atoms with E-state index in [0.29, 0.717) is 12.2 Å². The number of ether oxygens (including phenoxy) is 1. The summed E-state index contributed by atoms with van der Waals surface area (Å²) in [7, 11) is 0. The highest BCUT2D eigenvalue weighted by molar-refractivity contribution is 14.1. The zero-order chi connectivity index (χ0) is 21.8. The highest BCUT2D eigenvalue weighted by Crippen LogP contribution is 2.29. The van der Waals surface area contributed by atoms with Crippen molar-refractivity contribution >= 4 is 84.2 Å². The molecule has 8 heteroatoms. The fourth-order valence-corrected chi connectivity index (χ4v) is 5.37. The molecule has 3 aromatic carbocycles. The Bertz CT molecular complexity index is 1250.